The van der Waals surface area contributed by atoms with Gasteiger partial charge in [-0.1, -0.05) is 18.2 Å². The second-order valence-corrected chi connectivity index (χ2v) is 10.8. The van der Waals surface area contributed by atoms with Gasteiger partial charge in [0.15, 0.2) is 0 Å². The Morgan fingerprint density at radius 1 is 1.03 bits per heavy atom. The molecule has 3 aliphatic rings. The Hall–Kier alpha value is -2.15. The predicted octanol–water partition coefficient (Wildman–Crippen LogP) is 3.46. The summed E-state index contributed by atoms with van der Waals surface area (Å²) in [7, 11) is -2.55. The van der Waals surface area contributed by atoms with Crippen LogP contribution >= 0.6 is 0 Å². The molecule has 5 rings (SSSR count). The maximum absolute atomic E-state index is 11.4. The molecule has 1 amide bonds. The van der Waals surface area contributed by atoms with Crippen molar-refractivity contribution in [1.29, 1.82) is 0 Å². The molecule has 2 aromatic rings. The zero-order valence-electron chi connectivity index (χ0n) is 18.4. The number of nitrogens with two attached hydrogens (primary N) is 1. The Kier molecular flexibility index (Phi) is 6.51. The molecule has 0 saturated carbocycles. The van der Waals surface area contributed by atoms with Crippen molar-refractivity contribution in [2.24, 2.45) is 5.14 Å². The minimum absolute atomic E-state index is 0.0643. The number of hydrogen-bond acceptors (Lipinski definition) is 3. The molecule has 166 valence electrons. The van der Waals surface area contributed by atoms with Crippen LogP contribution in [0.15, 0.2) is 35.2 Å². The van der Waals surface area contributed by atoms with E-state index < -0.39 is 9.71 Å². The minimum Gasteiger partial charge on any atom is -0.326 e. The van der Waals surface area contributed by atoms with E-state index in [-0.39, 0.29) is 5.91 Å². The van der Waals surface area contributed by atoms with Crippen LogP contribution in [0, 0.1) is 0 Å². The van der Waals surface area contributed by atoms with E-state index in [4.69, 9.17) is 5.14 Å². The lowest BCUT2D eigenvalue weighted by Gasteiger charge is -2.30. The van der Waals surface area contributed by atoms with Crippen LogP contribution in [0.4, 0.5) is 5.69 Å². The molecule has 1 unspecified atom stereocenters. The number of aryl methyl sites for hydroxylation is 2. The molecule has 0 bridgehead atoms. The molecule has 1 saturated heterocycles. The third-order valence-electron chi connectivity index (χ3n) is 6.45. The number of amides is 1. The van der Waals surface area contributed by atoms with Crippen molar-refractivity contribution in [3.8, 4) is 0 Å². The molecular formula is C25H33N3O2S. The lowest BCUT2D eigenvalue weighted by Crippen LogP contribution is -2.36. The number of rotatable bonds is 4. The minimum atomic E-state index is -2.55. The van der Waals surface area contributed by atoms with E-state index in [2.05, 4.69) is 22.2 Å². The quantitative estimate of drug-likeness (QED) is 0.717. The molecule has 2 aliphatic carbocycles. The summed E-state index contributed by atoms with van der Waals surface area (Å²) in [6.07, 6.45) is 8.43. The van der Waals surface area contributed by atoms with E-state index >= 15 is 0 Å². The van der Waals surface area contributed by atoms with Gasteiger partial charge in [0.25, 0.3) is 0 Å². The van der Waals surface area contributed by atoms with Crippen LogP contribution in [0.25, 0.3) is 0 Å². The number of likely N-dealkylation sites (tertiary alicyclic amines) is 1. The number of fused-ring (bicyclic) bond motifs is 2. The highest BCUT2D eigenvalue weighted by molar-refractivity contribution is 7.98. The molecule has 0 aromatic heterocycles. The first kappa shape index (κ1) is 22.1. The Labute approximate surface area is 186 Å². The second kappa shape index (κ2) is 9.15. The Bertz CT molecular complexity index is 1040. The SMILES string of the molecule is C=S(N)(=O)c1ccc(CN2CCC2)cc1.CC(=O)Nc1c2c(cc3c1CCC3)CCC2. The van der Waals surface area contributed by atoms with E-state index in [0.717, 1.165) is 25.1 Å². The third kappa shape index (κ3) is 5.20. The van der Waals surface area contributed by atoms with E-state index in [0.29, 0.717) is 4.90 Å². The zero-order chi connectivity index (χ0) is 22.0. The van der Waals surface area contributed by atoms with Crippen LogP contribution in [0.5, 0.6) is 0 Å². The van der Waals surface area contributed by atoms with Gasteiger partial charge in [0.2, 0.25) is 5.91 Å². The molecule has 3 N–H and O–H groups in total. The topological polar surface area (TPSA) is 75.4 Å². The average Bonchev–Trinajstić information content (AvgIpc) is 3.34. The van der Waals surface area contributed by atoms with Crippen LogP contribution < -0.4 is 10.5 Å². The highest BCUT2D eigenvalue weighted by atomic mass is 32.2. The molecule has 5 nitrogen and oxygen atoms in total. The fourth-order valence-corrected chi connectivity index (χ4v) is 5.36. The molecular weight excluding hydrogens is 406 g/mol. The average molecular weight is 440 g/mol. The number of hydrogen-bond donors (Lipinski definition) is 2. The van der Waals surface area contributed by atoms with Crippen LogP contribution in [-0.4, -0.2) is 34.0 Å². The number of carbonyl (C=O) groups excluding carboxylic acids is 1. The number of nitrogens with one attached hydrogen (secondary N) is 1. The second-order valence-electron chi connectivity index (χ2n) is 8.92. The maximum atomic E-state index is 11.4. The van der Waals surface area contributed by atoms with Crippen molar-refractivity contribution in [2.75, 3.05) is 18.4 Å². The first-order valence-electron chi connectivity index (χ1n) is 11.2. The summed E-state index contributed by atoms with van der Waals surface area (Å²) >= 11 is 0. The van der Waals surface area contributed by atoms with Gasteiger partial charge in [-0.15, -0.1) is 0 Å². The number of carbonyl (C=O) groups is 1. The smallest absolute Gasteiger partial charge is 0.221 e. The molecule has 1 heterocycles. The van der Waals surface area contributed by atoms with Gasteiger partial charge in [0.05, 0.1) is 9.71 Å². The van der Waals surface area contributed by atoms with Gasteiger partial charge in [-0.3, -0.25) is 14.8 Å². The van der Waals surface area contributed by atoms with E-state index in [1.165, 1.54) is 73.0 Å². The van der Waals surface area contributed by atoms with Crippen LogP contribution in [0.1, 0.15) is 54.0 Å². The highest BCUT2D eigenvalue weighted by Gasteiger charge is 2.24. The van der Waals surface area contributed by atoms with Gasteiger partial charge in [0.1, 0.15) is 0 Å². The summed E-state index contributed by atoms with van der Waals surface area (Å²) < 4.78 is 11.4. The molecule has 0 spiro atoms. The van der Waals surface area contributed by atoms with Gasteiger partial charge < -0.3 is 5.32 Å². The number of nitrogens with zero attached hydrogens (tertiary/aromatic N) is 1. The van der Waals surface area contributed by atoms with Crippen molar-refractivity contribution in [1.82, 2.24) is 4.90 Å². The normalized spacial score (nSPS) is 18.8. The van der Waals surface area contributed by atoms with Crippen LogP contribution in [0.3, 0.4) is 0 Å². The Balaban J connectivity index is 0.000000150. The lowest BCUT2D eigenvalue weighted by atomic mass is 9.99. The van der Waals surface area contributed by atoms with Crippen LogP contribution in [-0.2, 0) is 46.7 Å². The molecule has 31 heavy (non-hydrogen) atoms. The van der Waals surface area contributed by atoms with E-state index in [9.17, 15) is 9.00 Å². The first-order chi connectivity index (χ1) is 14.8. The largest absolute Gasteiger partial charge is 0.326 e. The molecule has 2 aromatic carbocycles. The fourth-order valence-electron chi connectivity index (χ4n) is 4.77. The van der Waals surface area contributed by atoms with Crippen LogP contribution in [0.2, 0.25) is 0 Å². The molecule has 6 heteroatoms. The summed E-state index contributed by atoms with van der Waals surface area (Å²) in [5.41, 5.74) is 8.18. The summed E-state index contributed by atoms with van der Waals surface area (Å²) in [6, 6.07) is 9.96. The van der Waals surface area contributed by atoms with Crippen molar-refractivity contribution in [3.05, 3.63) is 58.1 Å². The molecule has 1 atom stereocenters. The summed E-state index contributed by atoms with van der Waals surface area (Å²) in [5.74, 6) is 3.52. The van der Waals surface area contributed by atoms with Gasteiger partial charge in [-0.05, 0) is 104 Å². The monoisotopic (exact) mass is 439 g/mol. The van der Waals surface area contributed by atoms with Crippen molar-refractivity contribution in [3.63, 3.8) is 0 Å². The van der Waals surface area contributed by atoms with Gasteiger partial charge >= 0.3 is 0 Å². The maximum Gasteiger partial charge on any atom is 0.221 e. The molecule has 0 radical (unpaired) electrons. The highest BCUT2D eigenvalue weighted by Crippen LogP contribution is 2.38. The summed E-state index contributed by atoms with van der Waals surface area (Å²) in [5, 5.41) is 8.52. The Morgan fingerprint density at radius 2 is 1.61 bits per heavy atom. The summed E-state index contributed by atoms with van der Waals surface area (Å²) in [4.78, 5) is 14.3. The molecule has 1 aliphatic heterocycles. The summed E-state index contributed by atoms with van der Waals surface area (Å²) in [6.45, 7) is 4.95. The predicted molar refractivity (Wildman–Crippen MR) is 129 cm³/mol. The third-order valence-corrected chi connectivity index (χ3v) is 7.52. The van der Waals surface area contributed by atoms with Crippen molar-refractivity contribution in [2.45, 2.75) is 63.3 Å². The molecule has 1 fully saturated rings. The van der Waals surface area contributed by atoms with Gasteiger partial charge in [-0.2, -0.15) is 0 Å². The van der Waals surface area contributed by atoms with Gasteiger partial charge in [-0.25, -0.2) is 4.21 Å². The van der Waals surface area contributed by atoms with Gasteiger partial charge in [0, 0.05) is 24.1 Å². The van der Waals surface area contributed by atoms with E-state index in [1.54, 1.807) is 6.92 Å². The fraction of sp³-hybridized carbons (Fsp3) is 0.440. The van der Waals surface area contributed by atoms with E-state index in [1.807, 2.05) is 24.3 Å². The lowest BCUT2D eigenvalue weighted by molar-refractivity contribution is -0.114. The van der Waals surface area contributed by atoms with Crippen molar-refractivity contribution >= 4 is 27.2 Å². The number of anilines is 1. The first-order valence-corrected chi connectivity index (χ1v) is 13.0. The van der Waals surface area contributed by atoms with Crippen molar-refractivity contribution < 1.29 is 9.00 Å². The zero-order valence-corrected chi connectivity index (χ0v) is 19.2. The Morgan fingerprint density at radius 3 is 2.06 bits per heavy atom. The standard InChI is InChI=1S/C14H17NO.C11H16N2OS/c1-9(16)15-14-12-6-2-4-10(12)8-11-5-3-7-13(11)14;1-15(12,14)11-5-3-10(4-6-11)9-13-7-2-8-13/h8H,2-7H2,1H3,(H,15,16);3-6H,1-2,7-9H2,(H2,12,14). The number of benzene rings is 2.